The summed E-state index contributed by atoms with van der Waals surface area (Å²) in [5.74, 6) is -0.0469. The van der Waals surface area contributed by atoms with Gasteiger partial charge in [-0.1, -0.05) is 0 Å². The first-order chi connectivity index (χ1) is 16.5. The molecule has 2 amide bonds. The number of likely N-dealkylation sites (tertiary alicyclic amines) is 1. The Labute approximate surface area is 199 Å². The Bertz CT molecular complexity index is 1000. The zero-order valence-corrected chi connectivity index (χ0v) is 19.5. The average molecular weight is 466 g/mol. The lowest BCUT2D eigenvalue weighted by Gasteiger charge is -2.37. The van der Waals surface area contributed by atoms with E-state index in [1.807, 2.05) is 17.0 Å². The second kappa shape index (κ2) is 9.70. The molecule has 0 aliphatic carbocycles. The maximum Gasteiger partial charge on any atom is 0.255 e. The predicted molar refractivity (Wildman–Crippen MR) is 128 cm³/mol. The number of halogens is 1. The summed E-state index contributed by atoms with van der Waals surface area (Å²) in [4.78, 5) is 36.3. The highest BCUT2D eigenvalue weighted by Gasteiger charge is 2.48. The van der Waals surface area contributed by atoms with Crippen molar-refractivity contribution in [3.05, 3.63) is 60.2 Å². The fourth-order valence-electron chi connectivity index (χ4n) is 5.59. The van der Waals surface area contributed by atoms with Crippen LogP contribution in [-0.4, -0.2) is 78.5 Å². The molecule has 5 rings (SSSR count). The molecule has 3 aliphatic heterocycles. The standard InChI is InChI=1S/C26H32FN5O2/c27-21-3-5-23(6-4-21)31-16-14-30(15-17-31)11-7-22-18-26(25(34)29-22)8-12-32(13-9-26)24(33)20-2-1-10-28-19-20/h1-6,10,19,22H,7-9,11-18H2,(H,29,34). The summed E-state index contributed by atoms with van der Waals surface area (Å²) in [6, 6.07) is 10.5. The molecule has 1 aromatic carbocycles. The Morgan fingerprint density at radius 1 is 1.06 bits per heavy atom. The number of pyridine rings is 1. The molecule has 0 bridgehead atoms. The Hall–Kier alpha value is -3.00. The van der Waals surface area contributed by atoms with Gasteiger partial charge in [-0.25, -0.2) is 4.39 Å². The van der Waals surface area contributed by atoms with E-state index in [0.29, 0.717) is 18.7 Å². The zero-order valence-electron chi connectivity index (χ0n) is 19.5. The summed E-state index contributed by atoms with van der Waals surface area (Å²) in [5.41, 5.74) is 1.34. The van der Waals surface area contributed by atoms with Gasteiger partial charge in [-0.05, 0) is 62.1 Å². The van der Waals surface area contributed by atoms with Crippen molar-refractivity contribution in [3.8, 4) is 0 Å². The summed E-state index contributed by atoms with van der Waals surface area (Å²) in [6.45, 7) is 5.96. The molecule has 0 saturated carbocycles. The molecule has 1 N–H and O–H groups in total. The van der Waals surface area contributed by atoms with E-state index in [0.717, 1.165) is 64.1 Å². The van der Waals surface area contributed by atoms with Crippen molar-refractivity contribution in [2.45, 2.75) is 31.7 Å². The second-order valence-corrected chi connectivity index (χ2v) is 9.78. The van der Waals surface area contributed by atoms with E-state index < -0.39 is 0 Å². The van der Waals surface area contributed by atoms with Crippen molar-refractivity contribution < 1.29 is 14.0 Å². The molecule has 1 aromatic heterocycles. The zero-order chi connectivity index (χ0) is 23.5. The molecular weight excluding hydrogens is 433 g/mol. The molecule has 3 fully saturated rings. The van der Waals surface area contributed by atoms with Crippen LogP contribution in [0, 0.1) is 11.2 Å². The molecule has 0 radical (unpaired) electrons. The van der Waals surface area contributed by atoms with Gasteiger partial charge in [0, 0.05) is 69.9 Å². The van der Waals surface area contributed by atoms with Crippen LogP contribution in [0.3, 0.4) is 0 Å². The topological polar surface area (TPSA) is 68.8 Å². The van der Waals surface area contributed by atoms with Gasteiger partial charge in [-0.15, -0.1) is 0 Å². The Balaban J connectivity index is 1.08. The Morgan fingerprint density at radius 3 is 2.47 bits per heavy atom. The number of anilines is 1. The summed E-state index contributed by atoms with van der Waals surface area (Å²) in [5, 5.41) is 3.24. The Morgan fingerprint density at radius 2 is 1.79 bits per heavy atom. The van der Waals surface area contributed by atoms with Crippen LogP contribution in [0.15, 0.2) is 48.8 Å². The first-order valence-electron chi connectivity index (χ1n) is 12.3. The minimum Gasteiger partial charge on any atom is -0.369 e. The lowest BCUT2D eigenvalue weighted by molar-refractivity contribution is -0.129. The molecule has 3 saturated heterocycles. The smallest absolute Gasteiger partial charge is 0.255 e. The summed E-state index contributed by atoms with van der Waals surface area (Å²) < 4.78 is 13.2. The lowest BCUT2D eigenvalue weighted by atomic mass is 9.75. The number of aromatic nitrogens is 1. The van der Waals surface area contributed by atoms with Crippen molar-refractivity contribution in [2.75, 3.05) is 50.7 Å². The van der Waals surface area contributed by atoms with Crippen molar-refractivity contribution in [2.24, 2.45) is 5.41 Å². The summed E-state index contributed by atoms with van der Waals surface area (Å²) >= 11 is 0. The molecule has 34 heavy (non-hydrogen) atoms. The average Bonchev–Trinajstić information content (AvgIpc) is 3.18. The number of nitrogens with one attached hydrogen (secondary N) is 1. The van der Waals surface area contributed by atoms with Crippen LogP contribution in [0.1, 0.15) is 36.0 Å². The van der Waals surface area contributed by atoms with Crippen molar-refractivity contribution >= 4 is 17.5 Å². The van der Waals surface area contributed by atoms with Crippen molar-refractivity contribution in [1.29, 1.82) is 0 Å². The van der Waals surface area contributed by atoms with E-state index in [1.54, 1.807) is 24.5 Å². The fraction of sp³-hybridized carbons (Fsp3) is 0.500. The quantitative estimate of drug-likeness (QED) is 0.735. The van der Waals surface area contributed by atoms with Crippen LogP contribution in [0.4, 0.5) is 10.1 Å². The van der Waals surface area contributed by atoms with E-state index in [1.165, 1.54) is 12.1 Å². The van der Waals surface area contributed by atoms with Gasteiger partial charge < -0.3 is 15.1 Å². The number of carbonyl (C=O) groups is 2. The Kier molecular flexibility index (Phi) is 6.50. The third-order valence-electron chi connectivity index (χ3n) is 7.73. The van der Waals surface area contributed by atoms with E-state index >= 15 is 0 Å². The van der Waals surface area contributed by atoms with Crippen LogP contribution in [0.2, 0.25) is 0 Å². The third-order valence-corrected chi connectivity index (χ3v) is 7.73. The van der Waals surface area contributed by atoms with Gasteiger partial charge in [0.15, 0.2) is 0 Å². The van der Waals surface area contributed by atoms with E-state index in [9.17, 15) is 14.0 Å². The van der Waals surface area contributed by atoms with E-state index in [-0.39, 0.29) is 29.1 Å². The highest BCUT2D eigenvalue weighted by atomic mass is 19.1. The molecule has 7 nitrogen and oxygen atoms in total. The maximum absolute atomic E-state index is 13.2. The molecule has 8 heteroatoms. The molecule has 4 heterocycles. The van der Waals surface area contributed by atoms with E-state index in [2.05, 4.69) is 20.1 Å². The molecule has 2 aromatic rings. The predicted octanol–water partition coefficient (Wildman–Crippen LogP) is 2.54. The van der Waals surface area contributed by atoms with Gasteiger partial charge >= 0.3 is 0 Å². The van der Waals surface area contributed by atoms with Gasteiger partial charge in [0.1, 0.15) is 5.82 Å². The van der Waals surface area contributed by atoms with Crippen molar-refractivity contribution in [3.63, 3.8) is 0 Å². The van der Waals surface area contributed by atoms with Gasteiger partial charge in [0.25, 0.3) is 5.91 Å². The highest BCUT2D eigenvalue weighted by molar-refractivity contribution is 5.94. The van der Waals surface area contributed by atoms with E-state index in [4.69, 9.17) is 0 Å². The minimum absolute atomic E-state index is 0.00214. The van der Waals surface area contributed by atoms with Gasteiger partial charge in [0.2, 0.25) is 5.91 Å². The number of piperidine rings is 1. The van der Waals surface area contributed by atoms with Gasteiger partial charge in [0.05, 0.1) is 11.0 Å². The lowest BCUT2D eigenvalue weighted by Crippen LogP contribution is -2.47. The monoisotopic (exact) mass is 465 g/mol. The first-order valence-corrected chi connectivity index (χ1v) is 12.3. The normalized spacial score (nSPS) is 22.7. The van der Waals surface area contributed by atoms with Crippen LogP contribution in [0.25, 0.3) is 0 Å². The molecule has 180 valence electrons. The summed E-state index contributed by atoms with van der Waals surface area (Å²) in [6.07, 6.45) is 6.51. The molecule has 1 unspecified atom stereocenters. The number of carbonyl (C=O) groups excluding carboxylic acids is 2. The largest absolute Gasteiger partial charge is 0.369 e. The number of hydrogen-bond acceptors (Lipinski definition) is 5. The molecular formula is C26H32FN5O2. The maximum atomic E-state index is 13.2. The molecule has 1 spiro atoms. The number of nitrogens with zero attached hydrogens (tertiary/aromatic N) is 4. The summed E-state index contributed by atoms with van der Waals surface area (Å²) in [7, 11) is 0. The molecule has 3 aliphatic rings. The van der Waals surface area contributed by atoms with Crippen LogP contribution in [0.5, 0.6) is 0 Å². The SMILES string of the molecule is O=C(c1cccnc1)N1CCC2(CC1)CC(CCN1CCN(c3ccc(F)cc3)CC1)NC2=O. The third kappa shape index (κ3) is 4.78. The number of amides is 2. The van der Waals surface area contributed by atoms with Gasteiger partial charge in [-0.2, -0.15) is 0 Å². The molecule has 1 atom stereocenters. The number of hydrogen-bond donors (Lipinski definition) is 1. The number of rotatable bonds is 5. The fourth-order valence-corrected chi connectivity index (χ4v) is 5.59. The number of piperazine rings is 1. The van der Waals surface area contributed by atoms with Gasteiger partial charge in [-0.3, -0.25) is 19.5 Å². The van der Waals surface area contributed by atoms with Crippen LogP contribution in [-0.2, 0) is 4.79 Å². The van der Waals surface area contributed by atoms with Crippen LogP contribution < -0.4 is 10.2 Å². The van der Waals surface area contributed by atoms with Crippen molar-refractivity contribution in [1.82, 2.24) is 20.1 Å². The highest BCUT2D eigenvalue weighted by Crippen LogP contribution is 2.41. The first kappa shape index (κ1) is 22.8. The minimum atomic E-state index is -0.336. The second-order valence-electron chi connectivity index (χ2n) is 9.78. The van der Waals surface area contributed by atoms with Crippen LogP contribution >= 0.6 is 0 Å². The number of benzene rings is 1.